The third kappa shape index (κ3) is 2.73. The molecule has 114 valence electrons. The number of halogens is 2. The second kappa shape index (κ2) is 6.25. The Morgan fingerprint density at radius 1 is 1.45 bits per heavy atom. The molecule has 0 bridgehead atoms. The molecule has 0 aliphatic rings. The number of ether oxygens (including phenoxy) is 1. The Bertz CT molecular complexity index is 791. The van der Waals surface area contributed by atoms with Gasteiger partial charge < -0.3 is 21.3 Å². The number of nitriles is 1. The van der Waals surface area contributed by atoms with E-state index in [1.54, 1.807) is 6.92 Å². The zero-order chi connectivity index (χ0) is 16.4. The van der Waals surface area contributed by atoms with Crippen molar-refractivity contribution >= 4 is 39.3 Å². The molecule has 2 aromatic rings. The number of nitrogens with two attached hydrogens (primary N) is 2. The minimum absolute atomic E-state index is 0.0283. The first-order valence-corrected chi connectivity index (χ1v) is 7.25. The molecule has 7 nitrogen and oxygen atoms in total. The Morgan fingerprint density at radius 2 is 2.14 bits per heavy atom. The highest BCUT2D eigenvalue weighted by atomic mass is 79.9. The lowest BCUT2D eigenvalue weighted by atomic mass is 10.1. The molecule has 0 unspecified atom stereocenters. The van der Waals surface area contributed by atoms with Gasteiger partial charge in [0.25, 0.3) is 0 Å². The maximum absolute atomic E-state index is 9.98. The smallest absolute Gasteiger partial charge is 0.222 e. The molecule has 0 atom stereocenters. The van der Waals surface area contributed by atoms with Gasteiger partial charge in [-0.25, -0.2) is 4.98 Å². The molecule has 0 saturated heterocycles. The highest BCUT2D eigenvalue weighted by Crippen LogP contribution is 2.45. The van der Waals surface area contributed by atoms with Crippen molar-refractivity contribution in [3.05, 3.63) is 21.1 Å². The number of benzene rings is 1. The molecular weight excluding hydrogens is 374 g/mol. The fraction of sp³-hybridized carbons (Fsp3) is 0.154. The molecule has 0 amide bonds. The molecule has 9 heteroatoms. The second-order valence-corrected chi connectivity index (χ2v) is 5.31. The monoisotopic (exact) mass is 383 g/mol. The SMILES string of the molecule is CCOc1cc(-c2nc(N)nc(N)c2C#N)c(Br)c(Cl)c1O. The lowest BCUT2D eigenvalue weighted by Gasteiger charge is -2.14. The van der Waals surface area contributed by atoms with Gasteiger partial charge in [0.15, 0.2) is 11.5 Å². The third-order valence-corrected chi connectivity index (χ3v) is 4.19. The van der Waals surface area contributed by atoms with Crippen LogP contribution in [-0.4, -0.2) is 21.7 Å². The number of aromatic nitrogens is 2. The third-order valence-electron chi connectivity index (χ3n) is 2.77. The Kier molecular flexibility index (Phi) is 4.59. The number of rotatable bonds is 3. The number of anilines is 2. The zero-order valence-corrected chi connectivity index (χ0v) is 13.7. The molecule has 0 fully saturated rings. The van der Waals surface area contributed by atoms with Crippen LogP contribution in [0.1, 0.15) is 12.5 Å². The summed E-state index contributed by atoms with van der Waals surface area (Å²) in [5.74, 6) is -0.183. The van der Waals surface area contributed by atoms with E-state index in [1.807, 2.05) is 6.07 Å². The maximum atomic E-state index is 9.98. The first-order valence-electron chi connectivity index (χ1n) is 6.07. The molecule has 5 N–H and O–H groups in total. The predicted octanol–water partition coefficient (Wildman–Crippen LogP) is 2.70. The van der Waals surface area contributed by atoms with Crippen LogP contribution in [-0.2, 0) is 0 Å². The quantitative estimate of drug-likeness (QED) is 0.741. The van der Waals surface area contributed by atoms with Crippen molar-refractivity contribution in [2.24, 2.45) is 0 Å². The van der Waals surface area contributed by atoms with Crippen LogP contribution in [0.15, 0.2) is 10.5 Å². The molecule has 2 rings (SSSR count). The summed E-state index contributed by atoms with van der Waals surface area (Å²) >= 11 is 9.35. The molecule has 1 aromatic heterocycles. The van der Waals surface area contributed by atoms with Crippen molar-refractivity contribution in [2.75, 3.05) is 18.1 Å². The van der Waals surface area contributed by atoms with Crippen molar-refractivity contribution in [1.82, 2.24) is 9.97 Å². The van der Waals surface area contributed by atoms with Crippen LogP contribution < -0.4 is 16.2 Å². The van der Waals surface area contributed by atoms with E-state index in [0.717, 1.165) is 0 Å². The van der Waals surface area contributed by atoms with Crippen molar-refractivity contribution in [3.63, 3.8) is 0 Å². The largest absolute Gasteiger partial charge is 0.503 e. The van der Waals surface area contributed by atoms with Gasteiger partial charge in [0.1, 0.15) is 22.5 Å². The fourth-order valence-corrected chi connectivity index (χ4v) is 2.52. The summed E-state index contributed by atoms with van der Waals surface area (Å²) in [6.07, 6.45) is 0. The second-order valence-electron chi connectivity index (χ2n) is 4.13. The summed E-state index contributed by atoms with van der Waals surface area (Å²) in [4.78, 5) is 7.80. The maximum Gasteiger partial charge on any atom is 0.222 e. The molecule has 0 aliphatic carbocycles. The highest BCUT2D eigenvalue weighted by molar-refractivity contribution is 9.10. The molecular formula is C13H11BrClN5O2. The lowest BCUT2D eigenvalue weighted by molar-refractivity contribution is 0.318. The summed E-state index contributed by atoms with van der Waals surface area (Å²) in [5, 5.41) is 19.3. The van der Waals surface area contributed by atoms with E-state index in [4.69, 9.17) is 27.8 Å². The summed E-state index contributed by atoms with van der Waals surface area (Å²) < 4.78 is 5.66. The minimum atomic E-state index is -0.215. The first kappa shape index (κ1) is 16.1. The van der Waals surface area contributed by atoms with Crippen molar-refractivity contribution in [2.45, 2.75) is 6.92 Å². The molecule has 1 heterocycles. The number of phenols is 1. The van der Waals surface area contributed by atoms with Gasteiger partial charge in [-0.15, -0.1) is 0 Å². The predicted molar refractivity (Wildman–Crippen MR) is 86.6 cm³/mol. The van der Waals surface area contributed by atoms with Crippen LogP contribution in [0.2, 0.25) is 5.02 Å². The van der Waals surface area contributed by atoms with E-state index in [1.165, 1.54) is 6.07 Å². The number of nitrogen functional groups attached to an aromatic ring is 2. The van der Waals surface area contributed by atoms with Crippen LogP contribution in [0, 0.1) is 11.3 Å². The number of aromatic hydroxyl groups is 1. The van der Waals surface area contributed by atoms with E-state index < -0.39 is 0 Å². The van der Waals surface area contributed by atoms with E-state index >= 15 is 0 Å². The van der Waals surface area contributed by atoms with E-state index in [-0.39, 0.29) is 39.5 Å². The average molecular weight is 385 g/mol. The van der Waals surface area contributed by atoms with Crippen LogP contribution in [0.3, 0.4) is 0 Å². The molecule has 1 aromatic carbocycles. The number of hydrogen-bond donors (Lipinski definition) is 3. The van der Waals surface area contributed by atoms with Crippen molar-refractivity contribution in [3.8, 4) is 28.8 Å². The topological polar surface area (TPSA) is 131 Å². The standard InChI is InChI=1S/C13H11BrClN5O2/c1-2-22-7-3-5(8(14)9(15)11(7)21)10-6(4-16)12(17)20-13(18)19-10/h3,21H,2H2,1H3,(H4,17,18,19,20). The van der Waals surface area contributed by atoms with Gasteiger partial charge in [0.2, 0.25) is 5.95 Å². The van der Waals surface area contributed by atoms with Gasteiger partial charge in [-0.05, 0) is 28.9 Å². The van der Waals surface area contributed by atoms with E-state index in [9.17, 15) is 10.4 Å². The van der Waals surface area contributed by atoms with Crippen molar-refractivity contribution in [1.29, 1.82) is 5.26 Å². The summed E-state index contributed by atoms with van der Waals surface area (Å²) in [7, 11) is 0. The number of nitrogens with zero attached hydrogens (tertiary/aromatic N) is 3. The molecule has 0 radical (unpaired) electrons. The fourth-order valence-electron chi connectivity index (χ4n) is 1.83. The minimum Gasteiger partial charge on any atom is -0.503 e. The lowest BCUT2D eigenvalue weighted by Crippen LogP contribution is -2.05. The Labute approximate surface area is 139 Å². The molecule has 0 aliphatic heterocycles. The van der Waals surface area contributed by atoms with E-state index in [2.05, 4.69) is 25.9 Å². The van der Waals surface area contributed by atoms with Gasteiger partial charge in [-0.2, -0.15) is 10.2 Å². The van der Waals surface area contributed by atoms with Gasteiger partial charge >= 0.3 is 0 Å². The Morgan fingerprint density at radius 3 is 2.73 bits per heavy atom. The molecule has 0 saturated carbocycles. The first-order chi connectivity index (χ1) is 10.4. The van der Waals surface area contributed by atoms with Crippen molar-refractivity contribution < 1.29 is 9.84 Å². The van der Waals surface area contributed by atoms with Crippen LogP contribution >= 0.6 is 27.5 Å². The van der Waals surface area contributed by atoms with Gasteiger partial charge in [-0.3, -0.25) is 0 Å². The van der Waals surface area contributed by atoms with Gasteiger partial charge in [0.05, 0.1) is 12.3 Å². The van der Waals surface area contributed by atoms with Gasteiger partial charge in [-0.1, -0.05) is 11.6 Å². The normalized spacial score (nSPS) is 10.3. The summed E-state index contributed by atoms with van der Waals surface area (Å²) in [5.41, 5.74) is 12.0. The summed E-state index contributed by atoms with van der Waals surface area (Å²) in [6, 6.07) is 3.43. The van der Waals surface area contributed by atoms with Crippen LogP contribution in [0.4, 0.5) is 11.8 Å². The Hall–Kier alpha value is -2.24. The van der Waals surface area contributed by atoms with Crippen LogP contribution in [0.25, 0.3) is 11.3 Å². The Balaban J connectivity index is 2.81. The number of phenolic OH excluding ortho intramolecular Hbond substituents is 1. The highest BCUT2D eigenvalue weighted by Gasteiger charge is 2.21. The molecule has 0 spiro atoms. The number of hydrogen-bond acceptors (Lipinski definition) is 7. The van der Waals surface area contributed by atoms with Gasteiger partial charge in [0, 0.05) is 10.0 Å². The average Bonchev–Trinajstić information content (AvgIpc) is 2.47. The summed E-state index contributed by atoms with van der Waals surface area (Å²) in [6.45, 7) is 2.08. The molecule has 22 heavy (non-hydrogen) atoms. The zero-order valence-electron chi connectivity index (χ0n) is 11.4. The van der Waals surface area contributed by atoms with E-state index in [0.29, 0.717) is 16.6 Å². The van der Waals surface area contributed by atoms with Crippen LogP contribution in [0.5, 0.6) is 11.5 Å².